The van der Waals surface area contributed by atoms with Gasteiger partial charge in [0.25, 0.3) is 0 Å². The summed E-state index contributed by atoms with van der Waals surface area (Å²) in [4.78, 5) is 23.8. The lowest BCUT2D eigenvalue weighted by atomic mass is 9.86. The van der Waals surface area contributed by atoms with Gasteiger partial charge in [0.05, 0.1) is 17.3 Å². The predicted molar refractivity (Wildman–Crippen MR) is 101 cm³/mol. The third-order valence-electron chi connectivity index (χ3n) is 5.66. The normalized spacial score (nSPS) is 36.9. The Morgan fingerprint density at radius 2 is 2.10 bits per heavy atom. The van der Waals surface area contributed by atoms with Gasteiger partial charge in [-0.05, 0) is 38.3 Å². The Labute approximate surface area is 169 Å². The van der Waals surface area contributed by atoms with E-state index in [2.05, 4.69) is 6.58 Å². The first-order valence-electron chi connectivity index (χ1n) is 9.67. The molecule has 0 amide bonds. The predicted octanol–water partition coefficient (Wildman–Crippen LogP) is 1.86. The second-order valence-corrected chi connectivity index (χ2v) is 8.29. The van der Waals surface area contributed by atoms with Crippen molar-refractivity contribution in [3.63, 3.8) is 0 Å². The Hall–Kier alpha value is -2.00. The molecule has 0 aromatic carbocycles. The maximum atomic E-state index is 12.5. The summed E-state index contributed by atoms with van der Waals surface area (Å²) in [5, 5.41) is 21.3. The van der Waals surface area contributed by atoms with Crippen LogP contribution in [0.2, 0.25) is 0 Å². The van der Waals surface area contributed by atoms with Gasteiger partial charge in [-0.25, -0.2) is 4.79 Å². The number of rotatable bonds is 5. The first-order chi connectivity index (χ1) is 13.4. The second kappa shape index (κ2) is 7.68. The average molecular weight is 408 g/mol. The first-order valence-corrected chi connectivity index (χ1v) is 9.67. The van der Waals surface area contributed by atoms with Crippen molar-refractivity contribution in [2.24, 2.45) is 5.92 Å². The number of aliphatic hydroxyl groups is 2. The minimum atomic E-state index is -1.37. The third kappa shape index (κ3) is 4.30. The Balaban J connectivity index is 2.11. The van der Waals surface area contributed by atoms with Crippen molar-refractivity contribution in [1.29, 1.82) is 0 Å². The van der Waals surface area contributed by atoms with E-state index in [1.54, 1.807) is 13.0 Å². The minimum absolute atomic E-state index is 0.144. The van der Waals surface area contributed by atoms with Crippen molar-refractivity contribution in [1.82, 2.24) is 0 Å². The van der Waals surface area contributed by atoms with Crippen molar-refractivity contribution in [3.8, 4) is 0 Å². The lowest BCUT2D eigenvalue weighted by Gasteiger charge is -2.33. The van der Waals surface area contributed by atoms with Gasteiger partial charge in [-0.3, -0.25) is 4.79 Å². The van der Waals surface area contributed by atoms with Gasteiger partial charge in [-0.1, -0.05) is 13.5 Å². The fraction of sp³-hybridized carbons (Fsp3) is 0.619. The van der Waals surface area contributed by atoms with Crippen LogP contribution in [0.4, 0.5) is 0 Å². The van der Waals surface area contributed by atoms with Crippen molar-refractivity contribution in [2.75, 3.05) is 6.61 Å². The maximum absolute atomic E-state index is 12.5. The molecule has 3 rings (SSSR count). The molecule has 0 saturated carbocycles. The van der Waals surface area contributed by atoms with Crippen LogP contribution in [0, 0.1) is 5.92 Å². The highest BCUT2D eigenvalue weighted by atomic mass is 16.6. The lowest BCUT2D eigenvalue weighted by Crippen LogP contribution is -2.40. The van der Waals surface area contributed by atoms with Gasteiger partial charge in [0.1, 0.15) is 12.4 Å². The number of fused-ring (bicyclic) bond motifs is 3. The molecule has 3 heterocycles. The van der Waals surface area contributed by atoms with E-state index in [1.165, 1.54) is 6.92 Å². The molecule has 8 heteroatoms. The molecule has 8 nitrogen and oxygen atoms in total. The highest BCUT2D eigenvalue weighted by molar-refractivity contribution is 5.95. The summed E-state index contributed by atoms with van der Waals surface area (Å²) in [6, 6.07) is 0. The fourth-order valence-electron chi connectivity index (χ4n) is 3.92. The van der Waals surface area contributed by atoms with Gasteiger partial charge in [-0.15, -0.1) is 0 Å². The minimum Gasteiger partial charge on any atom is -0.461 e. The number of ether oxygens (including phenoxy) is 4. The van der Waals surface area contributed by atoms with Crippen LogP contribution in [-0.4, -0.2) is 52.5 Å². The Morgan fingerprint density at radius 3 is 2.72 bits per heavy atom. The summed E-state index contributed by atoms with van der Waals surface area (Å²) in [6.45, 7) is 9.91. The first kappa shape index (κ1) is 21.7. The lowest BCUT2D eigenvalue weighted by molar-refractivity contribution is -0.241. The molecule has 2 bridgehead atoms. The van der Waals surface area contributed by atoms with Crippen LogP contribution in [0.3, 0.4) is 0 Å². The number of carbonyl (C=O) groups excluding carboxylic acids is 2. The zero-order valence-corrected chi connectivity index (χ0v) is 17.2. The molecule has 1 saturated heterocycles. The zero-order chi connectivity index (χ0) is 21.6. The van der Waals surface area contributed by atoms with E-state index in [1.807, 2.05) is 13.8 Å². The van der Waals surface area contributed by atoms with Crippen LogP contribution in [0.1, 0.15) is 47.0 Å². The van der Waals surface area contributed by atoms with Crippen molar-refractivity contribution >= 4 is 11.9 Å². The van der Waals surface area contributed by atoms with Gasteiger partial charge in [-0.2, -0.15) is 0 Å². The van der Waals surface area contributed by atoms with Crippen LogP contribution in [0.15, 0.2) is 35.1 Å². The van der Waals surface area contributed by atoms with Crippen molar-refractivity contribution in [3.05, 3.63) is 35.1 Å². The van der Waals surface area contributed by atoms with Crippen molar-refractivity contribution < 1.29 is 38.7 Å². The zero-order valence-electron chi connectivity index (χ0n) is 17.2. The molecule has 3 aliphatic rings. The van der Waals surface area contributed by atoms with E-state index < -0.39 is 35.7 Å². The SMILES string of the molecule is C=C(C)C(O)O[C@H]1C[C@@H](C)[C@]2(O)CC[C@](C)(/C=C3/OC(=O)C(COC(C)=O)=C31)O2. The molecule has 0 radical (unpaired) electrons. The Bertz CT molecular complexity index is 797. The van der Waals surface area contributed by atoms with Gasteiger partial charge in [0, 0.05) is 24.8 Å². The summed E-state index contributed by atoms with van der Waals surface area (Å²) in [7, 11) is 0. The van der Waals surface area contributed by atoms with Crippen LogP contribution in [0.5, 0.6) is 0 Å². The highest BCUT2D eigenvalue weighted by Gasteiger charge is 2.52. The largest absolute Gasteiger partial charge is 0.461 e. The topological polar surface area (TPSA) is 112 Å². The Kier molecular flexibility index (Phi) is 5.75. The van der Waals surface area contributed by atoms with E-state index >= 15 is 0 Å². The monoisotopic (exact) mass is 408 g/mol. The van der Waals surface area contributed by atoms with E-state index in [0.29, 0.717) is 24.0 Å². The molecule has 0 aromatic rings. The molecule has 0 aromatic heterocycles. The highest BCUT2D eigenvalue weighted by Crippen LogP contribution is 2.47. The number of carbonyl (C=O) groups is 2. The number of esters is 2. The van der Waals surface area contributed by atoms with Crippen molar-refractivity contribution in [2.45, 2.75) is 70.7 Å². The molecular formula is C21H28O8. The third-order valence-corrected chi connectivity index (χ3v) is 5.66. The van der Waals surface area contributed by atoms with Crippen LogP contribution < -0.4 is 0 Å². The molecule has 1 fully saturated rings. The molecule has 0 aliphatic carbocycles. The van der Waals surface area contributed by atoms with E-state index in [0.717, 1.165) is 0 Å². The molecule has 29 heavy (non-hydrogen) atoms. The number of hydrogen-bond acceptors (Lipinski definition) is 8. The van der Waals surface area contributed by atoms with Gasteiger partial charge in [0.2, 0.25) is 0 Å². The molecule has 3 aliphatic heterocycles. The number of aliphatic hydroxyl groups excluding tert-OH is 1. The summed E-state index contributed by atoms with van der Waals surface area (Å²) in [5.74, 6) is -2.70. The summed E-state index contributed by atoms with van der Waals surface area (Å²) in [5.41, 5.74) is 0.0805. The standard InChI is InChI=1S/C21H28O8/c1-11(2)18(23)27-15-8-12(3)21(25)7-6-20(5,29-21)9-16-17(15)14(19(24)28-16)10-26-13(4)22/h9,12,15,18,23,25H,1,6-8,10H2,2-5H3/b16-9+/t12-,15+,18?,20-,21+/m1/s1. The van der Waals surface area contributed by atoms with E-state index in [9.17, 15) is 19.8 Å². The molecule has 5 atom stereocenters. The van der Waals surface area contributed by atoms with Gasteiger partial charge < -0.3 is 29.2 Å². The fourth-order valence-corrected chi connectivity index (χ4v) is 3.92. The summed E-state index contributed by atoms with van der Waals surface area (Å²) >= 11 is 0. The van der Waals surface area contributed by atoms with Gasteiger partial charge >= 0.3 is 11.9 Å². The maximum Gasteiger partial charge on any atom is 0.343 e. The summed E-state index contributed by atoms with van der Waals surface area (Å²) < 4.78 is 22.3. The van der Waals surface area contributed by atoms with Crippen LogP contribution >= 0.6 is 0 Å². The second-order valence-electron chi connectivity index (χ2n) is 8.29. The molecular weight excluding hydrogens is 380 g/mol. The molecule has 2 N–H and O–H groups in total. The molecule has 1 unspecified atom stereocenters. The molecule has 160 valence electrons. The smallest absolute Gasteiger partial charge is 0.343 e. The Morgan fingerprint density at radius 1 is 1.41 bits per heavy atom. The van der Waals surface area contributed by atoms with Crippen LogP contribution in [-0.2, 0) is 28.5 Å². The summed E-state index contributed by atoms with van der Waals surface area (Å²) in [6.07, 6.45) is 0.759. The van der Waals surface area contributed by atoms with Gasteiger partial charge in [0.15, 0.2) is 12.1 Å². The van der Waals surface area contributed by atoms with Crippen LogP contribution in [0.25, 0.3) is 0 Å². The van der Waals surface area contributed by atoms with E-state index in [-0.39, 0.29) is 30.3 Å². The van der Waals surface area contributed by atoms with E-state index in [4.69, 9.17) is 18.9 Å². The quantitative estimate of drug-likeness (QED) is 0.403. The molecule has 0 spiro atoms. The average Bonchev–Trinajstić information content (AvgIpc) is 3.09. The number of hydrogen-bond donors (Lipinski definition) is 2.